The van der Waals surface area contributed by atoms with Crippen molar-refractivity contribution in [1.29, 1.82) is 0 Å². The molecule has 0 saturated heterocycles. The minimum atomic E-state index is -0.997. The summed E-state index contributed by atoms with van der Waals surface area (Å²) in [7, 11) is 0. The van der Waals surface area contributed by atoms with E-state index in [2.05, 4.69) is 0 Å². The Balaban J connectivity index is 1.62. The molecule has 0 aromatic carbocycles. The van der Waals surface area contributed by atoms with Gasteiger partial charge in [0.05, 0.1) is 11.8 Å². The summed E-state index contributed by atoms with van der Waals surface area (Å²) in [5.74, 6) is 1.53. The zero-order chi connectivity index (χ0) is 15.2. The summed E-state index contributed by atoms with van der Waals surface area (Å²) < 4.78 is 5.77. The average Bonchev–Trinajstić information content (AvgIpc) is 2.41. The van der Waals surface area contributed by atoms with E-state index in [4.69, 9.17) is 4.74 Å². The number of esters is 1. The van der Waals surface area contributed by atoms with Crippen molar-refractivity contribution in [2.45, 2.75) is 64.9 Å². The van der Waals surface area contributed by atoms with E-state index in [1.165, 1.54) is 32.1 Å². The second-order valence-electron chi connectivity index (χ2n) is 7.78. The number of carboxylic acid groups (broad SMARTS) is 1. The third-order valence-electron chi connectivity index (χ3n) is 6.24. The van der Waals surface area contributed by atoms with Crippen LogP contribution in [0.1, 0.15) is 58.8 Å². The van der Waals surface area contributed by atoms with Gasteiger partial charge in [0.25, 0.3) is 0 Å². The standard InChI is InChI=1S/C17H26O4/c1-3-17(2,16(19)20)9-14(18)21-15-12-5-10-4-11(7-12)8-13(15)6-10/h10-13,15H,3-9H2,1-2H3,(H,19,20). The molecule has 118 valence electrons. The van der Waals surface area contributed by atoms with Gasteiger partial charge in [0.1, 0.15) is 6.10 Å². The van der Waals surface area contributed by atoms with Gasteiger partial charge in [-0.05, 0) is 69.1 Å². The summed E-state index contributed by atoms with van der Waals surface area (Å²) in [6.07, 6.45) is 6.68. The molecule has 4 aliphatic carbocycles. The average molecular weight is 294 g/mol. The van der Waals surface area contributed by atoms with E-state index in [0.29, 0.717) is 18.3 Å². The van der Waals surface area contributed by atoms with Crippen LogP contribution in [-0.2, 0) is 14.3 Å². The lowest BCUT2D eigenvalue weighted by molar-refractivity contribution is -0.176. The van der Waals surface area contributed by atoms with Crippen LogP contribution >= 0.6 is 0 Å². The summed E-state index contributed by atoms with van der Waals surface area (Å²) in [5.41, 5.74) is -0.997. The van der Waals surface area contributed by atoms with Crippen molar-refractivity contribution in [2.75, 3.05) is 0 Å². The van der Waals surface area contributed by atoms with Crippen molar-refractivity contribution in [3.8, 4) is 0 Å². The summed E-state index contributed by atoms with van der Waals surface area (Å²) in [6, 6.07) is 0. The zero-order valence-electron chi connectivity index (χ0n) is 13.0. The van der Waals surface area contributed by atoms with Crippen LogP contribution in [0.15, 0.2) is 0 Å². The third kappa shape index (κ3) is 2.69. The van der Waals surface area contributed by atoms with Crippen LogP contribution < -0.4 is 0 Å². The summed E-state index contributed by atoms with van der Waals surface area (Å²) in [5, 5.41) is 9.28. The molecule has 0 aromatic rings. The molecular formula is C17H26O4. The molecule has 1 N–H and O–H groups in total. The van der Waals surface area contributed by atoms with Crippen molar-refractivity contribution >= 4 is 11.9 Å². The topological polar surface area (TPSA) is 63.6 Å². The second-order valence-corrected chi connectivity index (χ2v) is 7.78. The number of ether oxygens (including phenoxy) is 1. The summed E-state index contributed by atoms with van der Waals surface area (Å²) >= 11 is 0. The van der Waals surface area contributed by atoms with Gasteiger partial charge < -0.3 is 9.84 Å². The molecule has 1 unspecified atom stereocenters. The maximum absolute atomic E-state index is 12.2. The molecule has 4 heteroatoms. The Morgan fingerprint density at radius 2 is 1.62 bits per heavy atom. The highest BCUT2D eigenvalue weighted by atomic mass is 16.5. The van der Waals surface area contributed by atoms with Crippen LogP contribution in [0.4, 0.5) is 0 Å². The number of carbonyl (C=O) groups is 2. The predicted octanol–water partition coefficient (Wildman–Crippen LogP) is 3.25. The van der Waals surface area contributed by atoms with E-state index in [1.54, 1.807) is 6.92 Å². The largest absolute Gasteiger partial charge is 0.481 e. The number of aliphatic carboxylic acids is 1. The Bertz CT molecular complexity index is 416. The molecule has 0 radical (unpaired) electrons. The molecule has 4 nitrogen and oxygen atoms in total. The number of carbonyl (C=O) groups excluding carboxylic acids is 1. The van der Waals surface area contributed by atoms with E-state index < -0.39 is 11.4 Å². The van der Waals surface area contributed by atoms with E-state index >= 15 is 0 Å². The van der Waals surface area contributed by atoms with Crippen molar-refractivity contribution in [3.63, 3.8) is 0 Å². The molecule has 1 atom stereocenters. The van der Waals surface area contributed by atoms with Gasteiger partial charge >= 0.3 is 11.9 Å². The van der Waals surface area contributed by atoms with Crippen LogP contribution in [-0.4, -0.2) is 23.1 Å². The van der Waals surface area contributed by atoms with Gasteiger partial charge in [0, 0.05) is 0 Å². The molecule has 0 aromatic heterocycles. The lowest BCUT2D eigenvalue weighted by Crippen LogP contribution is -2.50. The maximum atomic E-state index is 12.2. The number of hydrogen-bond acceptors (Lipinski definition) is 3. The lowest BCUT2D eigenvalue weighted by atomic mass is 9.55. The Kier molecular flexibility index (Phi) is 3.74. The SMILES string of the molecule is CCC(C)(CC(=O)OC1C2CC3CC(C2)CC1C3)C(=O)O. The lowest BCUT2D eigenvalue weighted by Gasteiger charge is -2.53. The van der Waals surface area contributed by atoms with Gasteiger partial charge in [-0.15, -0.1) is 0 Å². The van der Waals surface area contributed by atoms with Crippen LogP contribution in [0, 0.1) is 29.1 Å². The Hall–Kier alpha value is -1.06. The highest BCUT2D eigenvalue weighted by Crippen LogP contribution is 2.54. The number of hydrogen-bond donors (Lipinski definition) is 1. The fourth-order valence-corrected chi connectivity index (χ4v) is 4.93. The molecule has 4 saturated carbocycles. The van der Waals surface area contributed by atoms with E-state index in [1.807, 2.05) is 6.92 Å². The first-order valence-electron chi connectivity index (χ1n) is 8.34. The van der Waals surface area contributed by atoms with E-state index in [9.17, 15) is 14.7 Å². The Labute approximate surface area is 126 Å². The Morgan fingerprint density at radius 3 is 2.05 bits per heavy atom. The minimum Gasteiger partial charge on any atom is -0.481 e. The number of rotatable bonds is 5. The maximum Gasteiger partial charge on any atom is 0.309 e. The van der Waals surface area contributed by atoms with Gasteiger partial charge in [0.15, 0.2) is 0 Å². The van der Waals surface area contributed by atoms with Crippen LogP contribution in [0.3, 0.4) is 0 Å². The Morgan fingerprint density at radius 1 is 1.10 bits per heavy atom. The van der Waals surface area contributed by atoms with Gasteiger partial charge in [0.2, 0.25) is 0 Å². The van der Waals surface area contributed by atoms with Crippen molar-refractivity contribution in [3.05, 3.63) is 0 Å². The van der Waals surface area contributed by atoms with Crippen LogP contribution in [0.25, 0.3) is 0 Å². The second kappa shape index (κ2) is 5.29. The number of carboxylic acids is 1. The summed E-state index contributed by atoms with van der Waals surface area (Å²) in [4.78, 5) is 23.5. The van der Waals surface area contributed by atoms with Gasteiger partial charge in [-0.25, -0.2) is 0 Å². The van der Waals surface area contributed by atoms with Crippen LogP contribution in [0.2, 0.25) is 0 Å². The van der Waals surface area contributed by atoms with Gasteiger partial charge in [-0.3, -0.25) is 9.59 Å². The molecule has 0 heterocycles. The monoisotopic (exact) mass is 294 g/mol. The normalized spacial score (nSPS) is 39.8. The molecule has 0 amide bonds. The zero-order valence-corrected chi connectivity index (χ0v) is 13.0. The smallest absolute Gasteiger partial charge is 0.309 e. The van der Waals surface area contributed by atoms with E-state index in [0.717, 1.165) is 11.8 Å². The van der Waals surface area contributed by atoms with Crippen LogP contribution in [0.5, 0.6) is 0 Å². The van der Waals surface area contributed by atoms with Crippen molar-refractivity contribution < 1.29 is 19.4 Å². The molecule has 4 rings (SSSR count). The first-order chi connectivity index (χ1) is 9.91. The first-order valence-corrected chi connectivity index (χ1v) is 8.34. The highest BCUT2D eigenvalue weighted by Gasteiger charge is 2.50. The molecule has 4 fully saturated rings. The summed E-state index contributed by atoms with van der Waals surface area (Å²) in [6.45, 7) is 3.44. The van der Waals surface area contributed by atoms with Crippen molar-refractivity contribution in [1.82, 2.24) is 0 Å². The molecule has 0 spiro atoms. The molecular weight excluding hydrogens is 268 g/mol. The van der Waals surface area contributed by atoms with E-state index in [-0.39, 0.29) is 18.5 Å². The molecule has 21 heavy (non-hydrogen) atoms. The fourth-order valence-electron chi connectivity index (χ4n) is 4.93. The molecule has 4 bridgehead atoms. The fraction of sp³-hybridized carbons (Fsp3) is 0.882. The highest BCUT2D eigenvalue weighted by molar-refractivity contribution is 5.81. The minimum absolute atomic E-state index is 0.0123. The van der Waals surface area contributed by atoms with Gasteiger partial charge in [-0.2, -0.15) is 0 Å². The third-order valence-corrected chi connectivity index (χ3v) is 6.24. The van der Waals surface area contributed by atoms with Gasteiger partial charge in [-0.1, -0.05) is 6.92 Å². The predicted molar refractivity (Wildman–Crippen MR) is 77.6 cm³/mol. The van der Waals surface area contributed by atoms with Crippen molar-refractivity contribution in [2.24, 2.45) is 29.1 Å². The molecule has 4 aliphatic rings. The first kappa shape index (κ1) is 14.9. The molecule has 0 aliphatic heterocycles. The quantitative estimate of drug-likeness (QED) is 0.791.